The minimum Gasteiger partial charge on any atom is -0.493 e. The zero-order chi connectivity index (χ0) is 25.0. The lowest BCUT2D eigenvalue weighted by molar-refractivity contribution is -0.0440. The van der Waals surface area contributed by atoms with Crippen molar-refractivity contribution in [3.05, 3.63) is 47.5 Å². The number of sulfonamides is 1. The summed E-state index contributed by atoms with van der Waals surface area (Å²) in [5, 5.41) is 2.64. The lowest BCUT2D eigenvalue weighted by Crippen LogP contribution is -2.48. The van der Waals surface area contributed by atoms with Gasteiger partial charge in [0, 0.05) is 30.8 Å². The number of morpholine rings is 1. The van der Waals surface area contributed by atoms with Crippen molar-refractivity contribution in [2.24, 2.45) is 0 Å². The maximum atomic E-state index is 13.2. The third-order valence-corrected chi connectivity index (χ3v) is 7.12. The van der Waals surface area contributed by atoms with Crippen LogP contribution in [0.3, 0.4) is 0 Å². The van der Waals surface area contributed by atoms with Gasteiger partial charge in [0.05, 0.1) is 49.7 Å². The van der Waals surface area contributed by atoms with Gasteiger partial charge in [-0.2, -0.15) is 4.31 Å². The van der Waals surface area contributed by atoms with Crippen LogP contribution in [-0.2, 0) is 19.5 Å². The number of benzene rings is 2. The maximum absolute atomic E-state index is 13.2. The number of carbonyl (C=O) groups is 2. The van der Waals surface area contributed by atoms with E-state index < -0.39 is 21.9 Å². The zero-order valence-corrected chi connectivity index (χ0v) is 20.5. The van der Waals surface area contributed by atoms with Crippen molar-refractivity contribution in [2.45, 2.75) is 31.0 Å². The van der Waals surface area contributed by atoms with Gasteiger partial charge in [-0.15, -0.1) is 0 Å². The molecule has 34 heavy (non-hydrogen) atoms. The molecule has 2 aromatic carbocycles. The molecule has 1 fully saturated rings. The molecule has 0 radical (unpaired) electrons. The summed E-state index contributed by atoms with van der Waals surface area (Å²) < 4.78 is 48.6. The van der Waals surface area contributed by atoms with Crippen LogP contribution in [0.5, 0.6) is 11.5 Å². The minimum absolute atomic E-state index is 0.0121. The summed E-state index contributed by atoms with van der Waals surface area (Å²) in [5.41, 5.74) is 0.271. The van der Waals surface area contributed by atoms with Gasteiger partial charge in [-0.25, -0.2) is 13.2 Å². The molecule has 1 N–H and O–H groups in total. The van der Waals surface area contributed by atoms with Crippen molar-refractivity contribution >= 4 is 27.6 Å². The number of anilines is 1. The Labute approximate surface area is 198 Å². The molecule has 184 valence electrons. The van der Waals surface area contributed by atoms with Crippen molar-refractivity contribution in [1.29, 1.82) is 0 Å². The smallest absolute Gasteiger partial charge is 0.340 e. The van der Waals surface area contributed by atoms with Gasteiger partial charge in [0.1, 0.15) is 0 Å². The fourth-order valence-electron chi connectivity index (χ4n) is 3.73. The topological polar surface area (TPSA) is 120 Å². The number of hydrogen-bond acceptors (Lipinski definition) is 8. The van der Waals surface area contributed by atoms with Gasteiger partial charge >= 0.3 is 5.97 Å². The average Bonchev–Trinajstić information content (AvgIpc) is 2.82. The summed E-state index contributed by atoms with van der Waals surface area (Å²) in [5.74, 6) is -0.735. The average molecular weight is 493 g/mol. The molecule has 1 aliphatic rings. The highest BCUT2D eigenvalue weighted by atomic mass is 32.2. The molecule has 1 heterocycles. The largest absolute Gasteiger partial charge is 0.493 e. The number of hydrogen-bond donors (Lipinski definition) is 1. The van der Waals surface area contributed by atoms with E-state index in [4.69, 9.17) is 18.9 Å². The zero-order valence-electron chi connectivity index (χ0n) is 19.7. The van der Waals surface area contributed by atoms with Gasteiger partial charge in [-0.3, -0.25) is 4.79 Å². The van der Waals surface area contributed by atoms with Crippen molar-refractivity contribution in [2.75, 3.05) is 39.7 Å². The molecule has 0 aromatic heterocycles. The van der Waals surface area contributed by atoms with Gasteiger partial charge in [0.25, 0.3) is 5.91 Å². The fourth-order valence-corrected chi connectivity index (χ4v) is 5.37. The summed E-state index contributed by atoms with van der Waals surface area (Å²) in [6.45, 7) is 4.06. The number of ether oxygens (including phenoxy) is 4. The van der Waals surface area contributed by atoms with E-state index in [0.717, 1.165) is 0 Å². The Hall–Kier alpha value is -3.15. The summed E-state index contributed by atoms with van der Waals surface area (Å²) in [4.78, 5) is 25.3. The highest BCUT2D eigenvalue weighted by Crippen LogP contribution is 2.34. The summed E-state index contributed by atoms with van der Waals surface area (Å²) in [6.07, 6.45) is -0.487. The van der Waals surface area contributed by atoms with E-state index >= 15 is 0 Å². The molecule has 11 heteroatoms. The first-order valence-electron chi connectivity index (χ1n) is 10.5. The van der Waals surface area contributed by atoms with Gasteiger partial charge in [0.15, 0.2) is 11.5 Å². The molecule has 0 bridgehead atoms. The van der Waals surface area contributed by atoms with Gasteiger partial charge in [-0.05, 0) is 32.0 Å². The van der Waals surface area contributed by atoms with Crippen LogP contribution in [0.15, 0.2) is 41.3 Å². The lowest BCUT2D eigenvalue weighted by atomic mass is 10.1. The molecule has 0 unspecified atom stereocenters. The third-order valence-electron chi connectivity index (χ3n) is 5.30. The maximum Gasteiger partial charge on any atom is 0.340 e. The van der Waals surface area contributed by atoms with Crippen molar-refractivity contribution in [1.82, 2.24) is 4.31 Å². The van der Waals surface area contributed by atoms with Gasteiger partial charge in [0.2, 0.25) is 10.0 Å². The molecule has 2 atom stereocenters. The molecule has 0 aliphatic carbocycles. The van der Waals surface area contributed by atoms with Crippen molar-refractivity contribution in [3.8, 4) is 11.5 Å². The number of methoxy groups -OCH3 is 3. The SMILES string of the molecule is COC(=O)c1cc(OC)c(OC)cc1NC(=O)c1cccc(S(=O)(=O)N2C[C@H](C)O[C@@H](C)C2)c1. The van der Waals surface area contributed by atoms with Crippen LogP contribution in [0, 0.1) is 0 Å². The third kappa shape index (κ3) is 5.32. The molecule has 10 nitrogen and oxygen atoms in total. The Morgan fingerprint density at radius 2 is 1.62 bits per heavy atom. The van der Waals surface area contributed by atoms with Crippen LogP contribution in [0.25, 0.3) is 0 Å². The molecule has 0 spiro atoms. The van der Waals surface area contributed by atoms with Gasteiger partial charge < -0.3 is 24.3 Å². The van der Waals surface area contributed by atoms with E-state index in [1.807, 2.05) is 13.8 Å². The Kier molecular flexibility index (Phi) is 7.80. The second-order valence-electron chi connectivity index (χ2n) is 7.81. The monoisotopic (exact) mass is 492 g/mol. The van der Waals surface area contributed by atoms with E-state index in [1.165, 1.54) is 62.0 Å². The highest BCUT2D eigenvalue weighted by Gasteiger charge is 2.32. The first kappa shape index (κ1) is 25.5. The van der Waals surface area contributed by atoms with Gasteiger partial charge in [-0.1, -0.05) is 6.07 Å². The molecular formula is C23H28N2O8S. The van der Waals surface area contributed by atoms with Crippen molar-refractivity contribution in [3.63, 3.8) is 0 Å². The molecule has 3 rings (SSSR count). The minimum atomic E-state index is -3.84. The number of nitrogens with zero attached hydrogens (tertiary/aromatic N) is 1. The van der Waals surface area contributed by atoms with Crippen LogP contribution in [0.1, 0.15) is 34.6 Å². The number of esters is 1. The highest BCUT2D eigenvalue weighted by molar-refractivity contribution is 7.89. The number of nitrogens with one attached hydrogen (secondary N) is 1. The summed E-state index contributed by atoms with van der Waals surface area (Å²) in [6, 6.07) is 8.53. The van der Waals surface area contributed by atoms with E-state index in [0.29, 0.717) is 0 Å². The van der Waals surface area contributed by atoms with Crippen LogP contribution >= 0.6 is 0 Å². The predicted molar refractivity (Wildman–Crippen MR) is 124 cm³/mol. The standard InChI is InChI=1S/C23H28N2O8S/c1-14-12-25(13-15(2)33-14)34(28,29)17-8-6-7-16(9-17)22(26)24-19-11-21(31-4)20(30-3)10-18(19)23(27)32-5/h6-11,14-15H,12-13H2,1-5H3,(H,24,26)/t14-,15-/m0/s1. The molecule has 2 aromatic rings. The first-order chi connectivity index (χ1) is 16.1. The summed E-state index contributed by atoms with van der Waals surface area (Å²) in [7, 11) is 0.211. The first-order valence-corrected chi connectivity index (χ1v) is 12.0. The molecule has 0 saturated carbocycles. The molecule has 1 amide bonds. The normalized spacial score (nSPS) is 18.7. The Morgan fingerprint density at radius 1 is 1.00 bits per heavy atom. The summed E-state index contributed by atoms with van der Waals surface area (Å²) >= 11 is 0. The van der Waals surface area contributed by atoms with Crippen LogP contribution in [-0.4, -0.2) is 71.2 Å². The molecule has 1 saturated heterocycles. The second-order valence-corrected chi connectivity index (χ2v) is 9.74. The van der Waals surface area contributed by atoms with E-state index in [-0.39, 0.29) is 58.5 Å². The van der Waals surface area contributed by atoms with Crippen LogP contribution in [0.4, 0.5) is 5.69 Å². The quantitative estimate of drug-likeness (QED) is 0.586. The van der Waals surface area contributed by atoms with E-state index in [1.54, 1.807) is 0 Å². The number of rotatable bonds is 7. The van der Waals surface area contributed by atoms with E-state index in [2.05, 4.69) is 5.32 Å². The lowest BCUT2D eigenvalue weighted by Gasteiger charge is -2.34. The fraction of sp³-hybridized carbons (Fsp3) is 0.391. The Balaban J connectivity index is 1.92. The molecule has 1 aliphatic heterocycles. The number of carbonyl (C=O) groups excluding carboxylic acids is 2. The van der Waals surface area contributed by atoms with Crippen molar-refractivity contribution < 1.29 is 37.0 Å². The number of amides is 1. The van der Waals surface area contributed by atoms with E-state index in [9.17, 15) is 18.0 Å². The second kappa shape index (κ2) is 10.4. The Bertz CT molecular complexity index is 1170. The molecular weight excluding hydrogens is 464 g/mol. The predicted octanol–water partition coefficient (Wildman–Crippen LogP) is 2.54. The van der Waals surface area contributed by atoms with Crippen LogP contribution in [0.2, 0.25) is 0 Å². The van der Waals surface area contributed by atoms with Crippen LogP contribution < -0.4 is 14.8 Å². The Morgan fingerprint density at radius 3 is 2.21 bits per heavy atom.